The third kappa shape index (κ3) is 4.91. The summed E-state index contributed by atoms with van der Waals surface area (Å²) in [5.41, 5.74) is 2.32. The Kier molecular flexibility index (Phi) is 6.82. The van der Waals surface area contributed by atoms with Crippen LogP contribution in [-0.2, 0) is 6.42 Å². The lowest BCUT2D eigenvalue weighted by Gasteiger charge is -2.28. The fourth-order valence-corrected chi connectivity index (χ4v) is 5.05. The molecule has 0 bridgehead atoms. The van der Waals surface area contributed by atoms with Gasteiger partial charge in [0.15, 0.2) is 0 Å². The molecule has 0 radical (unpaired) electrons. The fraction of sp³-hybridized carbons (Fsp3) is 0.429. The Labute approximate surface area is 179 Å². The minimum Gasteiger partial charge on any atom is -0.207 e. The number of unbranched alkanes of at least 4 members (excludes halogenated alkanes) is 1. The molecule has 3 aromatic carbocycles. The lowest BCUT2D eigenvalue weighted by molar-refractivity contribution is 0.250. The molecule has 4 rings (SSSR count). The van der Waals surface area contributed by atoms with Crippen LogP contribution in [0.1, 0.15) is 63.9 Å². The van der Waals surface area contributed by atoms with E-state index in [9.17, 15) is 4.39 Å². The van der Waals surface area contributed by atoms with E-state index < -0.39 is 0 Å². The first-order chi connectivity index (χ1) is 14.6. The Balaban J connectivity index is 1.41. The molecule has 0 aromatic heterocycles. The largest absolute Gasteiger partial charge is 0.207 e. The van der Waals surface area contributed by atoms with Gasteiger partial charge in [-0.3, -0.25) is 0 Å². The molecule has 0 atom stereocenters. The minimum atomic E-state index is -0.346. The Morgan fingerprint density at radius 2 is 1.60 bits per heavy atom. The standard InChI is InChI=1S/C28H32F2/c1-2-3-5-20-8-10-21(11-9-20)12-13-22-14-16-26-24(18-22)15-17-27(28(26)30)23-6-4-7-25(29)19-23/h4,6-7,14-21H,2-3,5,8-13H2,1H3. The molecule has 0 heterocycles. The molecule has 1 fully saturated rings. The maximum Gasteiger partial charge on any atom is 0.138 e. The third-order valence-corrected chi connectivity index (χ3v) is 6.93. The van der Waals surface area contributed by atoms with Gasteiger partial charge in [-0.15, -0.1) is 0 Å². The highest BCUT2D eigenvalue weighted by Gasteiger charge is 2.20. The SMILES string of the molecule is CCCCC1CCC(CCc2ccc3c(F)c(-c4cccc(F)c4)ccc3c2)CC1. The molecule has 0 aliphatic heterocycles. The van der Waals surface area contributed by atoms with E-state index in [1.807, 2.05) is 12.1 Å². The first-order valence-corrected chi connectivity index (χ1v) is 11.6. The summed E-state index contributed by atoms with van der Waals surface area (Å²) in [4.78, 5) is 0. The van der Waals surface area contributed by atoms with Crippen LogP contribution in [0.25, 0.3) is 21.9 Å². The predicted octanol–water partition coefficient (Wildman–Crippen LogP) is 8.71. The molecule has 0 spiro atoms. The molecule has 0 amide bonds. The van der Waals surface area contributed by atoms with Gasteiger partial charge in [0.25, 0.3) is 0 Å². The van der Waals surface area contributed by atoms with Crippen molar-refractivity contribution in [2.75, 3.05) is 0 Å². The zero-order valence-corrected chi connectivity index (χ0v) is 18.0. The number of halogens is 2. The van der Waals surface area contributed by atoms with Crippen molar-refractivity contribution >= 4 is 10.8 Å². The molecule has 1 aliphatic rings. The number of hydrogen-bond acceptors (Lipinski definition) is 0. The van der Waals surface area contributed by atoms with Crippen LogP contribution in [0.2, 0.25) is 0 Å². The zero-order valence-electron chi connectivity index (χ0n) is 18.0. The van der Waals surface area contributed by atoms with Crippen LogP contribution in [0, 0.1) is 23.5 Å². The molecule has 0 unspecified atom stereocenters. The second-order valence-electron chi connectivity index (χ2n) is 9.06. The highest BCUT2D eigenvalue weighted by Crippen LogP contribution is 2.35. The summed E-state index contributed by atoms with van der Waals surface area (Å²) in [6.45, 7) is 2.28. The summed E-state index contributed by atoms with van der Waals surface area (Å²) in [5, 5.41) is 1.53. The molecule has 3 aromatic rings. The van der Waals surface area contributed by atoms with E-state index >= 15 is 4.39 Å². The number of benzene rings is 3. The second kappa shape index (κ2) is 9.73. The third-order valence-electron chi connectivity index (χ3n) is 6.93. The molecule has 1 aliphatic carbocycles. The molecule has 0 N–H and O–H groups in total. The van der Waals surface area contributed by atoms with Gasteiger partial charge in [-0.25, -0.2) is 8.78 Å². The van der Waals surface area contributed by atoms with Crippen LogP contribution in [0.15, 0.2) is 54.6 Å². The number of fused-ring (bicyclic) bond motifs is 1. The van der Waals surface area contributed by atoms with Crippen molar-refractivity contribution in [3.8, 4) is 11.1 Å². The van der Waals surface area contributed by atoms with Gasteiger partial charge in [-0.2, -0.15) is 0 Å². The van der Waals surface area contributed by atoms with Crippen molar-refractivity contribution in [3.63, 3.8) is 0 Å². The second-order valence-corrected chi connectivity index (χ2v) is 9.06. The van der Waals surface area contributed by atoms with E-state index in [1.165, 1.54) is 69.1 Å². The number of rotatable bonds is 7. The van der Waals surface area contributed by atoms with Crippen molar-refractivity contribution < 1.29 is 8.78 Å². The molecule has 1 saturated carbocycles. The van der Waals surface area contributed by atoms with Crippen LogP contribution < -0.4 is 0 Å². The van der Waals surface area contributed by atoms with Gasteiger partial charge in [0, 0.05) is 10.9 Å². The average molecular weight is 407 g/mol. The topological polar surface area (TPSA) is 0 Å². The van der Waals surface area contributed by atoms with Gasteiger partial charge in [0.1, 0.15) is 11.6 Å². The maximum atomic E-state index is 15.1. The highest BCUT2D eigenvalue weighted by atomic mass is 19.1. The Morgan fingerprint density at radius 1 is 0.833 bits per heavy atom. The van der Waals surface area contributed by atoms with Crippen molar-refractivity contribution in [3.05, 3.63) is 71.8 Å². The van der Waals surface area contributed by atoms with E-state index in [0.717, 1.165) is 23.6 Å². The summed E-state index contributed by atoms with van der Waals surface area (Å²) in [6, 6.07) is 15.9. The molecular formula is C28H32F2. The molecule has 0 saturated heterocycles. The van der Waals surface area contributed by atoms with Gasteiger partial charge in [-0.05, 0) is 53.3 Å². The molecule has 30 heavy (non-hydrogen) atoms. The monoisotopic (exact) mass is 406 g/mol. The predicted molar refractivity (Wildman–Crippen MR) is 123 cm³/mol. The Bertz CT molecular complexity index is 983. The average Bonchev–Trinajstić information content (AvgIpc) is 2.77. The van der Waals surface area contributed by atoms with Gasteiger partial charge in [0.2, 0.25) is 0 Å². The molecule has 158 valence electrons. The normalized spacial score (nSPS) is 19.3. The van der Waals surface area contributed by atoms with Crippen LogP contribution in [0.5, 0.6) is 0 Å². The van der Waals surface area contributed by atoms with E-state index in [0.29, 0.717) is 16.5 Å². The fourth-order valence-electron chi connectivity index (χ4n) is 5.05. The van der Waals surface area contributed by atoms with Gasteiger partial charge >= 0.3 is 0 Å². The summed E-state index contributed by atoms with van der Waals surface area (Å²) in [5.74, 6) is 1.18. The molecular weight excluding hydrogens is 374 g/mol. The van der Waals surface area contributed by atoms with Crippen molar-refractivity contribution in [2.24, 2.45) is 11.8 Å². The van der Waals surface area contributed by atoms with Gasteiger partial charge in [0.05, 0.1) is 0 Å². The highest BCUT2D eigenvalue weighted by molar-refractivity contribution is 5.88. The molecule has 2 heteroatoms. The van der Waals surface area contributed by atoms with E-state index in [2.05, 4.69) is 19.1 Å². The van der Waals surface area contributed by atoms with Crippen LogP contribution in [-0.4, -0.2) is 0 Å². The first kappa shape index (κ1) is 21.0. The van der Waals surface area contributed by atoms with E-state index in [-0.39, 0.29) is 11.6 Å². The first-order valence-electron chi connectivity index (χ1n) is 11.6. The number of aryl methyl sites for hydroxylation is 1. The van der Waals surface area contributed by atoms with E-state index in [4.69, 9.17) is 0 Å². The smallest absolute Gasteiger partial charge is 0.138 e. The lowest BCUT2D eigenvalue weighted by atomic mass is 9.78. The maximum absolute atomic E-state index is 15.1. The van der Waals surface area contributed by atoms with Crippen LogP contribution in [0.3, 0.4) is 0 Å². The Morgan fingerprint density at radius 3 is 2.33 bits per heavy atom. The van der Waals surface area contributed by atoms with Crippen molar-refractivity contribution in [2.45, 2.75) is 64.7 Å². The summed E-state index contributed by atoms with van der Waals surface area (Å²) >= 11 is 0. The van der Waals surface area contributed by atoms with Gasteiger partial charge < -0.3 is 0 Å². The lowest BCUT2D eigenvalue weighted by Crippen LogP contribution is -2.15. The van der Waals surface area contributed by atoms with Crippen molar-refractivity contribution in [1.29, 1.82) is 0 Å². The Hall–Kier alpha value is -2.22. The molecule has 0 nitrogen and oxygen atoms in total. The van der Waals surface area contributed by atoms with E-state index in [1.54, 1.807) is 18.2 Å². The summed E-state index contributed by atoms with van der Waals surface area (Å²) in [7, 11) is 0. The van der Waals surface area contributed by atoms with Crippen molar-refractivity contribution in [1.82, 2.24) is 0 Å². The van der Waals surface area contributed by atoms with Crippen LogP contribution >= 0.6 is 0 Å². The number of hydrogen-bond donors (Lipinski definition) is 0. The minimum absolute atomic E-state index is 0.268. The summed E-state index contributed by atoms with van der Waals surface area (Å²) < 4.78 is 28.6. The zero-order chi connectivity index (χ0) is 20.9. The summed E-state index contributed by atoms with van der Waals surface area (Å²) in [6.07, 6.45) is 11.9. The van der Waals surface area contributed by atoms with Gasteiger partial charge in [-0.1, -0.05) is 94.3 Å². The quantitative estimate of drug-likeness (QED) is 0.368. The van der Waals surface area contributed by atoms with Crippen LogP contribution in [0.4, 0.5) is 8.78 Å².